The minimum atomic E-state index is -0.407. The molecule has 2 amide bonds. The Labute approximate surface area is 130 Å². The maximum Gasteiger partial charge on any atom is 0.245 e. The van der Waals surface area contributed by atoms with E-state index in [1.54, 1.807) is 11.3 Å². The van der Waals surface area contributed by atoms with Gasteiger partial charge >= 0.3 is 0 Å². The molecule has 1 N–H and O–H groups in total. The van der Waals surface area contributed by atoms with Gasteiger partial charge in [0, 0.05) is 18.0 Å². The van der Waals surface area contributed by atoms with Gasteiger partial charge in [-0.3, -0.25) is 9.59 Å². The molecule has 0 saturated carbocycles. The van der Waals surface area contributed by atoms with Crippen molar-refractivity contribution < 1.29 is 9.59 Å². The van der Waals surface area contributed by atoms with E-state index in [-0.39, 0.29) is 17.7 Å². The fraction of sp³-hybridized carbons (Fsp3) is 0.625. The molecule has 0 radical (unpaired) electrons. The highest BCUT2D eigenvalue weighted by atomic mass is 32.1. The highest BCUT2D eigenvalue weighted by molar-refractivity contribution is 7.10. The number of hydrogen-bond acceptors (Lipinski definition) is 3. The molecule has 21 heavy (non-hydrogen) atoms. The lowest BCUT2D eigenvalue weighted by molar-refractivity contribution is -0.138. The number of likely N-dealkylation sites (tertiary alicyclic amines) is 1. The van der Waals surface area contributed by atoms with Crippen LogP contribution in [0, 0.1) is 5.92 Å². The smallest absolute Gasteiger partial charge is 0.245 e. The Morgan fingerprint density at radius 2 is 2.00 bits per heavy atom. The molecule has 1 aromatic heterocycles. The molecule has 1 aliphatic heterocycles. The molecular formula is C16H24N2O2S. The molecule has 0 bridgehead atoms. The summed E-state index contributed by atoms with van der Waals surface area (Å²) in [6, 6.07) is 3.48. The van der Waals surface area contributed by atoms with Crippen molar-refractivity contribution in [1.82, 2.24) is 10.2 Å². The van der Waals surface area contributed by atoms with Crippen LogP contribution < -0.4 is 5.32 Å². The first-order valence-electron chi connectivity index (χ1n) is 7.68. The van der Waals surface area contributed by atoms with E-state index in [1.165, 1.54) is 6.42 Å². The quantitative estimate of drug-likeness (QED) is 0.908. The maximum absolute atomic E-state index is 12.6. The van der Waals surface area contributed by atoms with Crippen molar-refractivity contribution in [3.63, 3.8) is 0 Å². The lowest BCUT2D eigenvalue weighted by atomic mass is 10.0. The monoisotopic (exact) mass is 308 g/mol. The van der Waals surface area contributed by atoms with Gasteiger partial charge in [-0.05, 0) is 36.6 Å². The minimum absolute atomic E-state index is 0.0680. The van der Waals surface area contributed by atoms with Crippen LogP contribution in [0.2, 0.25) is 0 Å². The summed E-state index contributed by atoms with van der Waals surface area (Å²) in [6.07, 6.45) is 3.69. The summed E-state index contributed by atoms with van der Waals surface area (Å²) in [6.45, 7) is 5.61. The lowest BCUT2D eigenvalue weighted by Gasteiger charge is -2.32. The molecule has 5 heteroatoms. The Bertz CT molecular complexity index is 465. The Kier molecular flexibility index (Phi) is 5.79. The van der Waals surface area contributed by atoms with E-state index in [1.807, 2.05) is 36.3 Å². The van der Waals surface area contributed by atoms with Crippen LogP contribution in [0.15, 0.2) is 17.5 Å². The van der Waals surface area contributed by atoms with Crippen LogP contribution in [0.4, 0.5) is 0 Å². The van der Waals surface area contributed by atoms with E-state index in [2.05, 4.69) is 5.32 Å². The van der Waals surface area contributed by atoms with Gasteiger partial charge in [0.2, 0.25) is 11.8 Å². The standard InChI is InChI=1S/C16H24N2O2S/c1-12(2)15(16(20)18-8-4-3-5-9-18)17-14(19)11-13-7-6-10-21-13/h6-7,10,12,15H,3-5,8-9,11H2,1-2H3,(H,17,19)/t15-/m1/s1. The van der Waals surface area contributed by atoms with Crippen molar-refractivity contribution in [3.05, 3.63) is 22.4 Å². The van der Waals surface area contributed by atoms with Gasteiger partial charge in [0.15, 0.2) is 0 Å². The van der Waals surface area contributed by atoms with Gasteiger partial charge in [-0.1, -0.05) is 19.9 Å². The predicted molar refractivity (Wildman–Crippen MR) is 85.2 cm³/mol. The predicted octanol–water partition coefficient (Wildman–Crippen LogP) is 2.44. The Morgan fingerprint density at radius 1 is 1.29 bits per heavy atom. The molecule has 1 atom stereocenters. The highest BCUT2D eigenvalue weighted by Gasteiger charge is 2.29. The number of nitrogens with zero attached hydrogens (tertiary/aromatic N) is 1. The van der Waals surface area contributed by atoms with E-state index in [0.29, 0.717) is 6.42 Å². The number of amides is 2. The second-order valence-corrected chi connectivity index (χ2v) is 6.96. The fourth-order valence-electron chi connectivity index (χ4n) is 2.62. The summed E-state index contributed by atoms with van der Waals surface area (Å²) in [5.41, 5.74) is 0. The number of thiophene rings is 1. The van der Waals surface area contributed by atoms with Crippen molar-refractivity contribution >= 4 is 23.2 Å². The fourth-order valence-corrected chi connectivity index (χ4v) is 3.32. The molecule has 0 unspecified atom stereocenters. The van der Waals surface area contributed by atoms with Crippen molar-refractivity contribution in [3.8, 4) is 0 Å². The molecule has 0 aromatic carbocycles. The lowest BCUT2D eigenvalue weighted by Crippen LogP contribution is -2.52. The second kappa shape index (κ2) is 7.59. The van der Waals surface area contributed by atoms with Gasteiger partial charge in [0.1, 0.15) is 6.04 Å². The maximum atomic E-state index is 12.6. The Balaban J connectivity index is 1.94. The summed E-state index contributed by atoms with van der Waals surface area (Å²) < 4.78 is 0. The van der Waals surface area contributed by atoms with Crippen LogP contribution in [-0.2, 0) is 16.0 Å². The minimum Gasteiger partial charge on any atom is -0.344 e. The Hall–Kier alpha value is -1.36. The molecule has 116 valence electrons. The molecule has 1 aromatic rings. The molecule has 4 nitrogen and oxygen atoms in total. The molecule has 2 rings (SSSR count). The van der Waals surface area contributed by atoms with Crippen molar-refractivity contribution in [1.29, 1.82) is 0 Å². The number of nitrogens with one attached hydrogen (secondary N) is 1. The topological polar surface area (TPSA) is 49.4 Å². The third-order valence-corrected chi connectivity index (χ3v) is 4.71. The van der Waals surface area contributed by atoms with E-state index in [0.717, 1.165) is 30.8 Å². The van der Waals surface area contributed by atoms with Gasteiger partial charge in [-0.25, -0.2) is 0 Å². The van der Waals surface area contributed by atoms with Crippen molar-refractivity contribution in [2.75, 3.05) is 13.1 Å². The van der Waals surface area contributed by atoms with Crippen LogP contribution in [0.5, 0.6) is 0 Å². The SMILES string of the molecule is CC(C)[C@@H](NC(=O)Cc1cccs1)C(=O)N1CCCCC1. The van der Waals surface area contributed by atoms with Gasteiger partial charge in [0.05, 0.1) is 6.42 Å². The molecule has 0 spiro atoms. The first-order chi connectivity index (χ1) is 10.1. The summed E-state index contributed by atoms with van der Waals surface area (Å²) in [5.74, 6) is 0.109. The van der Waals surface area contributed by atoms with Crippen molar-refractivity contribution in [2.45, 2.75) is 45.6 Å². The molecular weight excluding hydrogens is 284 g/mol. The molecule has 1 fully saturated rings. The van der Waals surface area contributed by atoms with Crippen LogP contribution in [0.1, 0.15) is 38.0 Å². The second-order valence-electron chi connectivity index (χ2n) is 5.93. The molecule has 2 heterocycles. The van der Waals surface area contributed by atoms with E-state index in [4.69, 9.17) is 0 Å². The number of piperidine rings is 1. The van der Waals surface area contributed by atoms with E-state index < -0.39 is 6.04 Å². The third kappa shape index (κ3) is 4.56. The third-order valence-electron chi connectivity index (χ3n) is 3.83. The zero-order chi connectivity index (χ0) is 15.2. The van der Waals surface area contributed by atoms with E-state index in [9.17, 15) is 9.59 Å². The van der Waals surface area contributed by atoms with Crippen LogP contribution >= 0.6 is 11.3 Å². The average molecular weight is 308 g/mol. The normalized spacial score (nSPS) is 16.8. The van der Waals surface area contributed by atoms with Gasteiger partial charge < -0.3 is 10.2 Å². The van der Waals surface area contributed by atoms with Crippen LogP contribution in [0.25, 0.3) is 0 Å². The zero-order valence-corrected chi connectivity index (χ0v) is 13.6. The van der Waals surface area contributed by atoms with Crippen molar-refractivity contribution in [2.24, 2.45) is 5.92 Å². The van der Waals surface area contributed by atoms with Crippen LogP contribution in [0.3, 0.4) is 0 Å². The first-order valence-corrected chi connectivity index (χ1v) is 8.56. The van der Waals surface area contributed by atoms with Crippen LogP contribution in [-0.4, -0.2) is 35.8 Å². The summed E-state index contributed by atoms with van der Waals surface area (Å²) in [7, 11) is 0. The Morgan fingerprint density at radius 3 is 2.57 bits per heavy atom. The van der Waals surface area contributed by atoms with Gasteiger partial charge in [-0.15, -0.1) is 11.3 Å². The summed E-state index contributed by atoms with van der Waals surface area (Å²) in [5, 5.41) is 4.89. The average Bonchev–Trinajstić information content (AvgIpc) is 2.97. The van der Waals surface area contributed by atoms with E-state index >= 15 is 0 Å². The number of carbonyl (C=O) groups is 2. The zero-order valence-electron chi connectivity index (χ0n) is 12.8. The molecule has 1 saturated heterocycles. The summed E-state index contributed by atoms with van der Waals surface area (Å²) in [4.78, 5) is 27.7. The van der Waals surface area contributed by atoms with Gasteiger partial charge in [-0.2, -0.15) is 0 Å². The molecule has 0 aliphatic carbocycles. The number of carbonyl (C=O) groups excluding carboxylic acids is 2. The molecule has 1 aliphatic rings. The number of hydrogen-bond donors (Lipinski definition) is 1. The summed E-state index contributed by atoms with van der Waals surface area (Å²) >= 11 is 1.57. The number of rotatable bonds is 5. The largest absolute Gasteiger partial charge is 0.344 e. The first kappa shape index (κ1) is 16.0. The van der Waals surface area contributed by atoms with Gasteiger partial charge in [0.25, 0.3) is 0 Å². The highest BCUT2D eigenvalue weighted by Crippen LogP contribution is 2.14.